The average molecular weight is 613 g/mol. The van der Waals surface area contributed by atoms with Crippen LogP contribution in [0, 0.1) is 0 Å². The Hall–Kier alpha value is -6.38. The zero-order valence-corrected chi connectivity index (χ0v) is 26.4. The summed E-state index contributed by atoms with van der Waals surface area (Å²) in [4.78, 5) is 0. The molecule has 0 radical (unpaired) electrons. The number of aromatic nitrogens is 2. The van der Waals surface area contributed by atoms with Crippen molar-refractivity contribution >= 4 is 21.8 Å². The summed E-state index contributed by atoms with van der Waals surface area (Å²) in [5.74, 6) is 0. The van der Waals surface area contributed by atoms with Crippen molar-refractivity contribution in [1.29, 1.82) is 0 Å². The van der Waals surface area contributed by atoms with Gasteiger partial charge < -0.3 is 9.13 Å². The molecule has 2 nitrogen and oxygen atoms in total. The number of hydrogen-bond donors (Lipinski definition) is 0. The second-order valence-corrected chi connectivity index (χ2v) is 12.1. The summed E-state index contributed by atoms with van der Waals surface area (Å²) in [6.07, 6.45) is 0. The first-order valence-corrected chi connectivity index (χ1v) is 16.5. The van der Waals surface area contributed by atoms with Crippen molar-refractivity contribution < 1.29 is 0 Å². The first kappa shape index (κ1) is 27.9. The number of nitrogens with zero attached hydrogens (tertiary/aromatic N) is 2. The van der Waals surface area contributed by atoms with Crippen LogP contribution in [0.3, 0.4) is 0 Å². The largest absolute Gasteiger partial charge is 0.309 e. The van der Waals surface area contributed by atoms with Gasteiger partial charge in [0.05, 0.1) is 22.4 Å². The minimum Gasteiger partial charge on any atom is -0.309 e. The molecule has 2 heterocycles. The van der Waals surface area contributed by atoms with Crippen molar-refractivity contribution in [3.63, 3.8) is 0 Å². The van der Waals surface area contributed by atoms with Crippen LogP contribution in [0.2, 0.25) is 0 Å². The summed E-state index contributed by atoms with van der Waals surface area (Å²) in [7, 11) is 0. The normalized spacial score (nSPS) is 11.3. The van der Waals surface area contributed by atoms with Crippen LogP contribution in [0.15, 0.2) is 194 Å². The average Bonchev–Trinajstić information content (AvgIpc) is 3.69. The van der Waals surface area contributed by atoms with E-state index in [-0.39, 0.29) is 0 Å². The van der Waals surface area contributed by atoms with Gasteiger partial charge in [0.2, 0.25) is 0 Å². The van der Waals surface area contributed by atoms with E-state index in [4.69, 9.17) is 0 Å². The molecule has 0 fully saturated rings. The fourth-order valence-corrected chi connectivity index (χ4v) is 7.29. The Morgan fingerprint density at radius 1 is 0.271 bits per heavy atom. The van der Waals surface area contributed by atoms with Gasteiger partial charge in [-0.3, -0.25) is 0 Å². The predicted molar refractivity (Wildman–Crippen MR) is 202 cm³/mol. The Morgan fingerprint density at radius 2 is 0.542 bits per heavy atom. The van der Waals surface area contributed by atoms with Crippen molar-refractivity contribution in [1.82, 2.24) is 9.13 Å². The number of rotatable bonds is 6. The van der Waals surface area contributed by atoms with E-state index in [0.717, 1.165) is 11.4 Å². The SMILES string of the molecule is c1ccc(-c2c(-c3ccccc3)n(-c3ccccc3)c3cc4c(-c5ccccc5)c(-c5ccccc5)n(-c5ccccc5)c4cc23)cc1. The molecule has 0 bridgehead atoms. The van der Waals surface area contributed by atoms with Crippen molar-refractivity contribution in [3.8, 4) is 56.1 Å². The van der Waals surface area contributed by atoms with Crippen LogP contribution in [0.5, 0.6) is 0 Å². The number of benzene rings is 7. The molecule has 0 saturated heterocycles. The lowest BCUT2D eigenvalue weighted by Gasteiger charge is -2.13. The van der Waals surface area contributed by atoms with Gasteiger partial charge in [-0.25, -0.2) is 0 Å². The van der Waals surface area contributed by atoms with Crippen LogP contribution in [0.4, 0.5) is 0 Å². The second-order valence-electron chi connectivity index (χ2n) is 12.1. The van der Waals surface area contributed by atoms with Crippen molar-refractivity contribution in [2.75, 3.05) is 0 Å². The fourth-order valence-electron chi connectivity index (χ4n) is 7.29. The second kappa shape index (κ2) is 11.8. The standard InChI is InChI=1S/C46H32N2/c1-7-19-33(20-8-1)43-39-31-42-40(32-41(39)47(37-27-15-5-16-28-37)45(43)35-23-11-3-12-24-35)44(34-21-9-2-10-22-34)46(36-25-13-4-14-26-36)48(42)38-29-17-6-18-30-38/h1-32H. The number of para-hydroxylation sites is 2. The topological polar surface area (TPSA) is 9.86 Å². The van der Waals surface area contributed by atoms with Gasteiger partial charge in [0.25, 0.3) is 0 Å². The molecule has 48 heavy (non-hydrogen) atoms. The highest BCUT2D eigenvalue weighted by atomic mass is 15.0. The van der Waals surface area contributed by atoms with E-state index in [0.29, 0.717) is 0 Å². The smallest absolute Gasteiger partial charge is 0.0619 e. The summed E-state index contributed by atoms with van der Waals surface area (Å²) < 4.78 is 4.92. The molecule has 2 aromatic heterocycles. The van der Waals surface area contributed by atoms with Crippen molar-refractivity contribution in [3.05, 3.63) is 194 Å². The Kier molecular flexibility index (Phi) is 6.84. The lowest BCUT2D eigenvalue weighted by Crippen LogP contribution is -1.97. The molecule has 0 unspecified atom stereocenters. The molecule has 9 rings (SSSR count). The van der Waals surface area contributed by atoms with Crippen LogP contribution in [-0.2, 0) is 0 Å². The minimum atomic E-state index is 1.13. The van der Waals surface area contributed by atoms with Gasteiger partial charge >= 0.3 is 0 Å². The summed E-state index contributed by atoms with van der Waals surface area (Å²) in [6.45, 7) is 0. The molecule has 0 aliphatic heterocycles. The highest BCUT2D eigenvalue weighted by Gasteiger charge is 2.26. The first-order valence-electron chi connectivity index (χ1n) is 16.5. The van der Waals surface area contributed by atoms with Crippen LogP contribution in [0.1, 0.15) is 0 Å². The maximum absolute atomic E-state index is 2.46. The van der Waals surface area contributed by atoms with E-state index in [1.54, 1.807) is 0 Å². The van der Waals surface area contributed by atoms with E-state index in [1.165, 1.54) is 66.6 Å². The van der Waals surface area contributed by atoms with E-state index < -0.39 is 0 Å². The van der Waals surface area contributed by atoms with Gasteiger partial charge in [-0.05, 0) is 58.7 Å². The van der Waals surface area contributed by atoms with Crippen molar-refractivity contribution in [2.24, 2.45) is 0 Å². The minimum absolute atomic E-state index is 1.13. The summed E-state index contributed by atoms with van der Waals surface area (Å²) in [5, 5.41) is 2.43. The van der Waals surface area contributed by atoms with Crippen LogP contribution < -0.4 is 0 Å². The first-order chi connectivity index (χ1) is 23.9. The molecule has 9 aromatic rings. The lowest BCUT2D eigenvalue weighted by molar-refractivity contribution is 1.13. The maximum Gasteiger partial charge on any atom is 0.0619 e. The number of hydrogen-bond acceptors (Lipinski definition) is 0. The molecule has 0 atom stereocenters. The monoisotopic (exact) mass is 612 g/mol. The van der Waals surface area contributed by atoms with Gasteiger partial charge in [-0.2, -0.15) is 0 Å². The van der Waals surface area contributed by atoms with Gasteiger partial charge in [-0.1, -0.05) is 158 Å². The number of fused-ring (bicyclic) bond motifs is 2. The van der Waals surface area contributed by atoms with E-state index in [1.807, 2.05) is 0 Å². The lowest BCUT2D eigenvalue weighted by atomic mass is 9.96. The molecule has 0 saturated carbocycles. The molecule has 0 aliphatic carbocycles. The molecule has 2 heteroatoms. The van der Waals surface area contributed by atoms with E-state index in [9.17, 15) is 0 Å². The summed E-state index contributed by atoms with van der Waals surface area (Å²) in [6, 6.07) is 69.8. The van der Waals surface area contributed by atoms with Gasteiger partial charge in [0, 0.05) is 33.3 Å². The van der Waals surface area contributed by atoms with E-state index >= 15 is 0 Å². The molecule has 0 spiro atoms. The Morgan fingerprint density at radius 3 is 0.854 bits per heavy atom. The molecule has 0 amide bonds. The zero-order chi connectivity index (χ0) is 31.9. The van der Waals surface area contributed by atoms with Gasteiger partial charge in [0.1, 0.15) is 0 Å². The molecule has 0 aliphatic rings. The molecule has 7 aromatic carbocycles. The maximum atomic E-state index is 2.46. The van der Waals surface area contributed by atoms with E-state index in [2.05, 4.69) is 203 Å². The predicted octanol–water partition coefficient (Wildman–Crippen LogP) is 12.2. The van der Waals surface area contributed by atoms with Crippen molar-refractivity contribution in [2.45, 2.75) is 0 Å². The van der Waals surface area contributed by atoms with Crippen LogP contribution in [-0.4, -0.2) is 9.13 Å². The highest BCUT2D eigenvalue weighted by molar-refractivity contribution is 6.15. The third-order valence-electron chi connectivity index (χ3n) is 9.30. The summed E-state index contributed by atoms with van der Waals surface area (Å²) in [5.41, 5.74) is 14.2. The van der Waals surface area contributed by atoms with Crippen LogP contribution in [0.25, 0.3) is 77.9 Å². The van der Waals surface area contributed by atoms with Gasteiger partial charge in [0.15, 0.2) is 0 Å². The molecule has 226 valence electrons. The Balaban J connectivity index is 1.53. The highest BCUT2D eigenvalue weighted by Crippen LogP contribution is 2.48. The third kappa shape index (κ3) is 4.58. The van der Waals surface area contributed by atoms with Gasteiger partial charge in [-0.15, -0.1) is 0 Å². The molecular formula is C46H32N2. The Bertz CT molecular complexity index is 2180. The third-order valence-corrected chi connectivity index (χ3v) is 9.30. The Labute approximate surface area is 280 Å². The fraction of sp³-hybridized carbons (Fsp3) is 0. The van der Waals surface area contributed by atoms with Crippen LogP contribution >= 0.6 is 0 Å². The molecule has 0 N–H and O–H groups in total. The zero-order valence-electron chi connectivity index (χ0n) is 26.4. The quantitative estimate of drug-likeness (QED) is 0.177. The summed E-state index contributed by atoms with van der Waals surface area (Å²) >= 11 is 0. The molecular weight excluding hydrogens is 581 g/mol.